The third-order valence-corrected chi connectivity index (χ3v) is 4.57. The van der Waals surface area contributed by atoms with Crippen LogP contribution in [-0.4, -0.2) is 26.1 Å². The lowest BCUT2D eigenvalue weighted by Crippen LogP contribution is -2.12. The number of hydrogen-bond acceptors (Lipinski definition) is 7. The van der Waals surface area contributed by atoms with E-state index in [1.54, 1.807) is 18.4 Å². The summed E-state index contributed by atoms with van der Waals surface area (Å²) in [6.45, 7) is -0.291. The van der Waals surface area contributed by atoms with Gasteiger partial charge >= 0.3 is 0 Å². The van der Waals surface area contributed by atoms with Crippen molar-refractivity contribution in [1.29, 1.82) is 0 Å². The molecule has 5 rings (SSSR count). The van der Waals surface area contributed by atoms with Crippen LogP contribution in [0.2, 0.25) is 0 Å². The Morgan fingerprint density at radius 1 is 1.22 bits per heavy atom. The fourth-order valence-electron chi connectivity index (χ4n) is 3.01. The molecule has 1 aromatic carbocycles. The predicted molar refractivity (Wildman–Crippen MR) is 102 cm³/mol. The standard InChI is InChI=1S/C19H17N5O3/c25-9-11-7-10-1-2-13(8-15(10)22-18(11)26)21-19-23-14-5-6-27-16(14)17(24-19)20-12-3-4-12/h1-2,5-8,12,25H,3-4,9H2,(H,22,26)(H2,20,21,23,24). The topological polar surface area (TPSA) is 116 Å². The van der Waals surface area contributed by atoms with Gasteiger partial charge in [0.05, 0.1) is 18.4 Å². The Balaban J connectivity index is 1.51. The van der Waals surface area contributed by atoms with Crippen molar-refractivity contribution in [2.45, 2.75) is 25.5 Å². The highest BCUT2D eigenvalue weighted by Gasteiger charge is 2.23. The van der Waals surface area contributed by atoms with Gasteiger partial charge in [0.25, 0.3) is 5.56 Å². The van der Waals surface area contributed by atoms with Crippen LogP contribution in [0, 0.1) is 0 Å². The maximum atomic E-state index is 11.9. The summed E-state index contributed by atoms with van der Waals surface area (Å²) in [5, 5.41) is 16.6. The number of nitrogens with one attached hydrogen (secondary N) is 3. The van der Waals surface area contributed by atoms with Crippen molar-refractivity contribution >= 4 is 39.5 Å². The minimum absolute atomic E-state index is 0.291. The van der Waals surface area contributed by atoms with Crippen molar-refractivity contribution in [2.24, 2.45) is 0 Å². The summed E-state index contributed by atoms with van der Waals surface area (Å²) in [5.74, 6) is 1.12. The molecular formula is C19H17N5O3. The van der Waals surface area contributed by atoms with Crippen LogP contribution < -0.4 is 16.2 Å². The Bertz CT molecular complexity index is 1210. The van der Waals surface area contributed by atoms with E-state index in [0.717, 1.165) is 29.4 Å². The number of hydrogen-bond donors (Lipinski definition) is 4. The van der Waals surface area contributed by atoms with Gasteiger partial charge < -0.3 is 25.1 Å². The number of aliphatic hydroxyl groups is 1. The highest BCUT2D eigenvalue weighted by atomic mass is 16.3. The lowest BCUT2D eigenvalue weighted by atomic mass is 10.1. The van der Waals surface area contributed by atoms with Gasteiger partial charge in [-0.2, -0.15) is 4.98 Å². The summed E-state index contributed by atoms with van der Waals surface area (Å²) in [4.78, 5) is 23.7. The minimum Gasteiger partial charge on any atom is -0.459 e. The Morgan fingerprint density at radius 3 is 2.93 bits per heavy atom. The molecule has 136 valence electrons. The van der Waals surface area contributed by atoms with Crippen LogP contribution in [0.1, 0.15) is 18.4 Å². The predicted octanol–water partition coefficient (Wildman–Crippen LogP) is 2.87. The Labute approximate surface area is 153 Å². The average molecular weight is 363 g/mol. The molecule has 1 aliphatic carbocycles. The summed E-state index contributed by atoms with van der Waals surface area (Å²) >= 11 is 0. The molecule has 4 aromatic rings. The number of anilines is 3. The Kier molecular flexibility index (Phi) is 3.58. The second-order valence-electron chi connectivity index (χ2n) is 6.66. The van der Waals surface area contributed by atoms with Crippen molar-refractivity contribution in [1.82, 2.24) is 15.0 Å². The summed E-state index contributed by atoms with van der Waals surface area (Å²) in [6, 6.07) is 9.48. The molecule has 0 atom stereocenters. The molecule has 8 heteroatoms. The largest absolute Gasteiger partial charge is 0.459 e. The fraction of sp³-hybridized carbons (Fsp3) is 0.211. The molecule has 0 unspecified atom stereocenters. The normalized spacial score (nSPS) is 14.0. The molecule has 1 fully saturated rings. The molecular weight excluding hydrogens is 346 g/mol. The van der Waals surface area contributed by atoms with E-state index in [1.807, 2.05) is 18.2 Å². The average Bonchev–Trinajstić information content (AvgIpc) is 3.34. The molecule has 4 N–H and O–H groups in total. The molecule has 27 heavy (non-hydrogen) atoms. The van der Waals surface area contributed by atoms with Gasteiger partial charge in [0.2, 0.25) is 5.95 Å². The third kappa shape index (κ3) is 3.00. The summed E-state index contributed by atoms with van der Waals surface area (Å²) in [7, 11) is 0. The first-order chi connectivity index (χ1) is 13.2. The van der Waals surface area contributed by atoms with Crippen molar-refractivity contribution in [3.63, 3.8) is 0 Å². The first-order valence-electron chi connectivity index (χ1n) is 8.75. The van der Waals surface area contributed by atoms with Gasteiger partial charge in [-0.15, -0.1) is 0 Å². The maximum absolute atomic E-state index is 11.9. The zero-order valence-electron chi connectivity index (χ0n) is 14.3. The smallest absolute Gasteiger partial charge is 0.253 e. The molecule has 1 saturated carbocycles. The summed E-state index contributed by atoms with van der Waals surface area (Å²) in [6.07, 6.45) is 3.85. The molecule has 3 aromatic heterocycles. The molecule has 0 bridgehead atoms. The number of fused-ring (bicyclic) bond motifs is 2. The Hall–Kier alpha value is -3.39. The highest BCUT2D eigenvalue weighted by molar-refractivity contribution is 5.86. The molecule has 0 radical (unpaired) electrons. The highest BCUT2D eigenvalue weighted by Crippen LogP contribution is 2.30. The number of aliphatic hydroxyl groups excluding tert-OH is 1. The van der Waals surface area contributed by atoms with E-state index < -0.39 is 0 Å². The van der Waals surface area contributed by atoms with Crippen LogP contribution in [0.15, 0.2) is 45.8 Å². The van der Waals surface area contributed by atoms with E-state index in [9.17, 15) is 9.90 Å². The molecule has 3 heterocycles. The lowest BCUT2D eigenvalue weighted by Gasteiger charge is -2.09. The van der Waals surface area contributed by atoms with Crippen LogP contribution in [0.5, 0.6) is 0 Å². The summed E-state index contributed by atoms with van der Waals surface area (Å²) in [5.41, 5.74) is 2.82. The minimum atomic E-state index is -0.297. The van der Waals surface area contributed by atoms with Crippen LogP contribution >= 0.6 is 0 Å². The SMILES string of the molecule is O=c1[nH]c2cc(Nc3nc(NC4CC4)c4occc4n3)ccc2cc1CO. The van der Waals surface area contributed by atoms with Crippen LogP contribution in [0.3, 0.4) is 0 Å². The van der Waals surface area contributed by atoms with E-state index in [-0.39, 0.29) is 12.2 Å². The Morgan fingerprint density at radius 2 is 2.11 bits per heavy atom. The first-order valence-corrected chi connectivity index (χ1v) is 8.75. The van der Waals surface area contributed by atoms with E-state index in [2.05, 4.69) is 25.6 Å². The second kappa shape index (κ2) is 6.10. The summed E-state index contributed by atoms with van der Waals surface area (Å²) < 4.78 is 5.50. The van der Waals surface area contributed by atoms with Crippen LogP contribution in [-0.2, 0) is 6.61 Å². The molecule has 1 aliphatic rings. The van der Waals surface area contributed by atoms with Crippen molar-refractivity contribution in [3.8, 4) is 0 Å². The zero-order chi connectivity index (χ0) is 18.4. The van der Waals surface area contributed by atoms with Gasteiger partial charge in [-0.05, 0) is 36.4 Å². The lowest BCUT2D eigenvalue weighted by molar-refractivity contribution is 0.280. The molecule has 8 nitrogen and oxygen atoms in total. The maximum Gasteiger partial charge on any atom is 0.253 e. The van der Waals surface area contributed by atoms with E-state index in [4.69, 9.17) is 4.42 Å². The van der Waals surface area contributed by atoms with E-state index >= 15 is 0 Å². The first kappa shape index (κ1) is 15.8. The van der Waals surface area contributed by atoms with E-state index in [0.29, 0.717) is 34.5 Å². The molecule has 0 saturated heterocycles. The van der Waals surface area contributed by atoms with Gasteiger partial charge in [0.15, 0.2) is 11.4 Å². The van der Waals surface area contributed by atoms with Crippen LogP contribution in [0.25, 0.3) is 22.0 Å². The van der Waals surface area contributed by atoms with Crippen molar-refractivity contribution < 1.29 is 9.52 Å². The molecule has 0 amide bonds. The number of nitrogens with zero attached hydrogens (tertiary/aromatic N) is 2. The van der Waals surface area contributed by atoms with Gasteiger partial charge in [0, 0.05) is 23.4 Å². The monoisotopic (exact) mass is 363 g/mol. The molecule has 0 spiro atoms. The van der Waals surface area contributed by atoms with Crippen molar-refractivity contribution in [3.05, 3.63) is 52.5 Å². The van der Waals surface area contributed by atoms with Crippen molar-refractivity contribution in [2.75, 3.05) is 10.6 Å². The third-order valence-electron chi connectivity index (χ3n) is 4.57. The number of aromatic nitrogens is 3. The molecule has 0 aliphatic heterocycles. The van der Waals surface area contributed by atoms with Gasteiger partial charge in [-0.3, -0.25) is 4.79 Å². The quantitative estimate of drug-likeness (QED) is 0.431. The number of aromatic amines is 1. The number of rotatable bonds is 5. The van der Waals surface area contributed by atoms with Gasteiger partial charge in [-0.25, -0.2) is 4.98 Å². The number of benzene rings is 1. The van der Waals surface area contributed by atoms with Gasteiger partial charge in [-0.1, -0.05) is 6.07 Å². The number of furan rings is 1. The van der Waals surface area contributed by atoms with E-state index in [1.165, 1.54) is 0 Å². The van der Waals surface area contributed by atoms with Gasteiger partial charge in [0.1, 0.15) is 5.52 Å². The second-order valence-corrected chi connectivity index (χ2v) is 6.66. The zero-order valence-corrected chi connectivity index (χ0v) is 14.3. The number of H-pyrrole nitrogens is 1. The van der Waals surface area contributed by atoms with Crippen LogP contribution in [0.4, 0.5) is 17.5 Å². The fourth-order valence-corrected chi connectivity index (χ4v) is 3.01. The number of pyridine rings is 1.